The van der Waals surface area contributed by atoms with Crippen molar-refractivity contribution in [2.24, 2.45) is 0 Å². The van der Waals surface area contributed by atoms with Crippen LogP contribution in [0.5, 0.6) is 11.5 Å². The lowest BCUT2D eigenvalue weighted by molar-refractivity contribution is -0.917. The molecule has 1 saturated heterocycles. The SMILES string of the molecule is CCOc1ccc(C[NH+](C)Cn2nc(N3CCOCC3)n(CC)c2=S)cc1OC. The van der Waals surface area contributed by atoms with Crippen molar-refractivity contribution in [3.63, 3.8) is 0 Å². The lowest BCUT2D eigenvalue weighted by atomic mass is 10.2. The van der Waals surface area contributed by atoms with Gasteiger partial charge in [-0.05, 0) is 44.3 Å². The average molecular weight is 423 g/mol. The molecule has 160 valence electrons. The van der Waals surface area contributed by atoms with Crippen molar-refractivity contribution >= 4 is 18.2 Å². The lowest BCUT2D eigenvalue weighted by Crippen LogP contribution is -3.07. The summed E-state index contributed by atoms with van der Waals surface area (Å²) in [5, 5.41) is 4.84. The number of methoxy groups -OCH3 is 1. The van der Waals surface area contributed by atoms with E-state index in [4.69, 9.17) is 31.5 Å². The average Bonchev–Trinajstić information content (AvgIpc) is 3.05. The van der Waals surface area contributed by atoms with Crippen molar-refractivity contribution in [3.05, 3.63) is 28.5 Å². The van der Waals surface area contributed by atoms with Crippen molar-refractivity contribution in [3.8, 4) is 11.5 Å². The molecule has 0 saturated carbocycles. The maximum atomic E-state index is 5.71. The molecule has 1 fully saturated rings. The molecule has 0 amide bonds. The van der Waals surface area contributed by atoms with E-state index in [-0.39, 0.29) is 0 Å². The maximum absolute atomic E-state index is 5.71. The Balaban J connectivity index is 1.73. The molecule has 1 atom stereocenters. The van der Waals surface area contributed by atoms with Crippen LogP contribution in [0, 0.1) is 4.77 Å². The fourth-order valence-corrected chi connectivity index (χ4v) is 3.88. The highest BCUT2D eigenvalue weighted by Gasteiger charge is 2.20. The number of rotatable bonds is 9. The molecule has 1 aliphatic heterocycles. The van der Waals surface area contributed by atoms with Gasteiger partial charge in [0.15, 0.2) is 18.2 Å². The third kappa shape index (κ3) is 5.09. The Bertz CT molecular complexity index is 860. The van der Waals surface area contributed by atoms with E-state index in [1.165, 1.54) is 10.5 Å². The van der Waals surface area contributed by atoms with E-state index in [0.717, 1.165) is 61.6 Å². The summed E-state index contributed by atoms with van der Waals surface area (Å²) in [6.07, 6.45) is 0. The fraction of sp³-hybridized carbons (Fsp3) is 0.600. The molecule has 0 spiro atoms. The summed E-state index contributed by atoms with van der Waals surface area (Å²) in [4.78, 5) is 3.54. The van der Waals surface area contributed by atoms with Gasteiger partial charge in [-0.1, -0.05) is 0 Å². The molecule has 1 N–H and O–H groups in total. The highest BCUT2D eigenvalue weighted by Crippen LogP contribution is 2.27. The summed E-state index contributed by atoms with van der Waals surface area (Å²) >= 11 is 5.71. The van der Waals surface area contributed by atoms with Crippen LogP contribution in [0.15, 0.2) is 18.2 Å². The number of nitrogens with zero attached hydrogens (tertiary/aromatic N) is 4. The van der Waals surface area contributed by atoms with Gasteiger partial charge in [-0.15, -0.1) is 5.10 Å². The van der Waals surface area contributed by atoms with Gasteiger partial charge in [-0.25, -0.2) is 0 Å². The molecule has 1 aromatic carbocycles. The number of hydrogen-bond donors (Lipinski definition) is 1. The van der Waals surface area contributed by atoms with Crippen LogP contribution in [-0.2, 0) is 24.5 Å². The Morgan fingerprint density at radius 2 is 1.97 bits per heavy atom. The number of hydrogen-bond acceptors (Lipinski definition) is 6. The van der Waals surface area contributed by atoms with Gasteiger partial charge in [0.25, 0.3) is 0 Å². The van der Waals surface area contributed by atoms with Gasteiger partial charge in [0.05, 0.1) is 34.0 Å². The van der Waals surface area contributed by atoms with Crippen LogP contribution in [0.3, 0.4) is 0 Å². The number of nitrogens with one attached hydrogen (secondary N) is 1. The molecule has 8 nitrogen and oxygen atoms in total. The fourth-order valence-electron chi connectivity index (χ4n) is 3.56. The van der Waals surface area contributed by atoms with E-state index in [2.05, 4.69) is 29.5 Å². The molecule has 9 heteroatoms. The van der Waals surface area contributed by atoms with Crippen LogP contribution < -0.4 is 19.3 Å². The molecule has 1 aromatic heterocycles. The normalized spacial score (nSPS) is 15.4. The van der Waals surface area contributed by atoms with E-state index in [1.54, 1.807) is 7.11 Å². The van der Waals surface area contributed by atoms with Gasteiger partial charge < -0.3 is 24.0 Å². The summed E-state index contributed by atoms with van der Waals surface area (Å²) in [5.41, 5.74) is 1.18. The second-order valence-electron chi connectivity index (χ2n) is 7.14. The third-order valence-electron chi connectivity index (χ3n) is 4.97. The van der Waals surface area contributed by atoms with Gasteiger partial charge >= 0.3 is 0 Å². The largest absolute Gasteiger partial charge is 0.493 e. The van der Waals surface area contributed by atoms with Crippen molar-refractivity contribution in [2.75, 3.05) is 52.0 Å². The first kappa shape index (κ1) is 21.6. The predicted molar refractivity (Wildman–Crippen MR) is 115 cm³/mol. The van der Waals surface area contributed by atoms with Crippen molar-refractivity contribution < 1.29 is 19.1 Å². The maximum Gasteiger partial charge on any atom is 0.226 e. The van der Waals surface area contributed by atoms with Crippen molar-refractivity contribution in [1.82, 2.24) is 14.3 Å². The second-order valence-corrected chi connectivity index (χ2v) is 7.50. The number of benzene rings is 1. The highest BCUT2D eigenvalue weighted by atomic mass is 32.1. The van der Waals surface area contributed by atoms with Crippen LogP contribution in [0.25, 0.3) is 0 Å². The van der Waals surface area contributed by atoms with Crippen LogP contribution in [0.4, 0.5) is 5.95 Å². The molecule has 1 aliphatic rings. The quantitative estimate of drug-likeness (QED) is 0.616. The van der Waals surface area contributed by atoms with Crippen LogP contribution in [-0.4, -0.2) is 61.4 Å². The molecule has 3 rings (SSSR count). The van der Waals surface area contributed by atoms with Crippen molar-refractivity contribution in [2.45, 2.75) is 33.6 Å². The summed E-state index contributed by atoms with van der Waals surface area (Å²) in [6, 6.07) is 6.09. The minimum Gasteiger partial charge on any atom is -0.493 e. The molecule has 2 heterocycles. The van der Waals surface area contributed by atoms with Crippen LogP contribution in [0.2, 0.25) is 0 Å². The third-order valence-corrected chi connectivity index (χ3v) is 5.40. The number of ether oxygens (including phenoxy) is 3. The molecule has 29 heavy (non-hydrogen) atoms. The summed E-state index contributed by atoms with van der Waals surface area (Å²) in [5.74, 6) is 2.48. The molecule has 0 aliphatic carbocycles. The smallest absolute Gasteiger partial charge is 0.226 e. The van der Waals surface area contributed by atoms with E-state index in [0.29, 0.717) is 13.3 Å². The van der Waals surface area contributed by atoms with Gasteiger partial charge in [0, 0.05) is 25.2 Å². The van der Waals surface area contributed by atoms with Crippen LogP contribution in [0.1, 0.15) is 19.4 Å². The first-order chi connectivity index (χ1) is 14.1. The number of morpholine rings is 1. The summed E-state index contributed by atoms with van der Waals surface area (Å²) in [6.45, 7) is 10.2. The number of anilines is 1. The minimum absolute atomic E-state index is 0.616. The molecular formula is C20H32N5O3S+. The number of aromatic nitrogens is 3. The number of quaternary nitrogens is 1. The second kappa shape index (κ2) is 10.1. The Hall–Kier alpha value is -2.10. The lowest BCUT2D eigenvalue weighted by Gasteiger charge is -2.27. The molecule has 2 aromatic rings. The van der Waals surface area contributed by atoms with Gasteiger partial charge in [-0.3, -0.25) is 4.57 Å². The molecule has 0 bridgehead atoms. The van der Waals surface area contributed by atoms with Gasteiger partial charge in [-0.2, -0.15) is 4.68 Å². The zero-order valence-electron chi connectivity index (χ0n) is 17.8. The first-order valence-corrected chi connectivity index (χ1v) is 10.6. The van der Waals surface area contributed by atoms with E-state index in [9.17, 15) is 0 Å². The summed E-state index contributed by atoms with van der Waals surface area (Å²) in [7, 11) is 3.81. The monoisotopic (exact) mass is 422 g/mol. The molecular weight excluding hydrogens is 390 g/mol. The Morgan fingerprint density at radius 1 is 1.21 bits per heavy atom. The minimum atomic E-state index is 0.616. The highest BCUT2D eigenvalue weighted by molar-refractivity contribution is 7.71. The zero-order chi connectivity index (χ0) is 20.8. The predicted octanol–water partition coefficient (Wildman–Crippen LogP) is 1.35. The van der Waals surface area contributed by atoms with E-state index < -0.39 is 0 Å². The van der Waals surface area contributed by atoms with E-state index in [1.807, 2.05) is 23.7 Å². The first-order valence-electron chi connectivity index (χ1n) is 10.2. The van der Waals surface area contributed by atoms with Crippen LogP contribution >= 0.6 is 12.2 Å². The van der Waals surface area contributed by atoms with Gasteiger partial charge in [0.1, 0.15) is 6.54 Å². The topological polar surface area (TPSA) is 58.1 Å². The zero-order valence-corrected chi connectivity index (χ0v) is 18.6. The summed E-state index contributed by atoms with van der Waals surface area (Å²) < 4.78 is 21.4. The Kier molecular flexibility index (Phi) is 7.51. The van der Waals surface area contributed by atoms with E-state index >= 15 is 0 Å². The Labute approximate surface area is 177 Å². The Morgan fingerprint density at radius 3 is 2.62 bits per heavy atom. The van der Waals surface area contributed by atoms with Gasteiger partial charge in [0.2, 0.25) is 10.7 Å². The standard InChI is InChI=1S/C20H31N5O3S/c1-5-24-19(23-9-11-27-12-10-23)21-25(20(24)29)15-22(3)14-16-7-8-17(28-6-2)18(13-16)26-4/h7-8,13H,5-6,9-12,14-15H2,1-4H3/p+1. The molecule has 1 unspecified atom stereocenters. The van der Waals surface area contributed by atoms with Crippen molar-refractivity contribution in [1.29, 1.82) is 0 Å². The molecule has 0 radical (unpaired) electrons.